The van der Waals surface area contributed by atoms with E-state index in [-0.39, 0.29) is 0 Å². The molecule has 0 spiro atoms. The topological polar surface area (TPSA) is 12.9 Å². The second-order valence-electron chi connectivity index (χ2n) is 13.1. The van der Waals surface area contributed by atoms with E-state index in [1.165, 1.54) is 52.6 Å². The number of fused-ring (bicyclic) bond motifs is 3. The first-order chi connectivity index (χ1) is 24.8. The number of nitrogens with zero attached hydrogens (tertiary/aromatic N) is 1. The summed E-state index contributed by atoms with van der Waals surface area (Å²) < 4.78 is 0. The van der Waals surface area contributed by atoms with Gasteiger partial charge in [-0.15, -0.1) is 0 Å². The third-order valence-electron chi connectivity index (χ3n) is 10.6. The molecule has 50 heavy (non-hydrogen) atoms. The fraction of sp³-hybridized carbons (Fsp3) is 0. The maximum atomic E-state index is 5.27. The number of benzene rings is 7. The maximum absolute atomic E-state index is 5.27. The van der Waals surface area contributed by atoms with Crippen LogP contribution in [-0.4, -0.2) is 21.1 Å². The van der Waals surface area contributed by atoms with Crippen LogP contribution >= 0.6 is 0 Å². The Morgan fingerprint density at radius 2 is 0.820 bits per heavy atom. The summed E-state index contributed by atoms with van der Waals surface area (Å²) in [6.07, 6.45) is 2.16. The molecule has 1 aromatic heterocycles. The zero-order valence-corrected chi connectivity index (χ0v) is 29.7. The van der Waals surface area contributed by atoms with Crippen molar-refractivity contribution in [1.29, 1.82) is 0 Å². The first kappa shape index (κ1) is 30.2. The third-order valence-corrected chi connectivity index (χ3v) is 20.2. The molecule has 0 N–H and O–H groups in total. The Morgan fingerprint density at radius 3 is 1.32 bits per heavy atom. The van der Waals surface area contributed by atoms with Crippen molar-refractivity contribution in [2.75, 3.05) is 0 Å². The van der Waals surface area contributed by atoms with E-state index in [1.807, 2.05) is 0 Å². The molecular weight excluding hydrogens is 635 g/mol. The first-order valence-corrected chi connectivity index (χ1v) is 21.3. The van der Waals surface area contributed by atoms with Crippen molar-refractivity contribution in [1.82, 2.24) is 4.98 Å². The highest BCUT2D eigenvalue weighted by Crippen LogP contribution is 2.31. The van der Waals surface area contributed by atoms with E-state index in [2.05, 4.69) is 212 Å². The monoisotopic (exact) mass is 669 g/mol. The first-order valence-electron chi connectivity index (χ1n) is 17.3. The lowest BCUT2D eigenvalue weighted by atomic mass is 10.0. The van der Waals surface area contributed by atoms with Gasteiger partial charge in [0.2, 0.25) is 0 Å². The highest BCUT2D eigenvalue weighted by molar-refractivity contribution is 7.22. The van der Waals surface area contributed by atoms with Crippen LogP contribution in [0.2, 0.25) is 0 Å². The van der Waals surface area contributed by atoms with Gasteiger partial charge >= 0.3 is 0 Å². The molecule has 0 saturated heterocycles. The van der Waals surface area contributed by atoms with Gasteiger partial charge < -0.3 is 0 Å². The Balaban J connectivity index is 1.22. The molecule has 7 aromatic carbocycles. The highest BCUT2D eigenvalue weighted by Gasteiger charge is 2.48. The summed E-state index contributed by atoms with van der Waals surface area (Å²) in [4.78, 5) is 5.27. The summed E-state index contributed by atoms with van der Waals surface area (Å²) in [7, 11) is -5.15. The molecule has 0 amide bonds. The van der Waals surface area contributed by atoms with E-state index >= 15 is 0 Å². The normalized spacial score (nSPS) is 13.0. The van der Waals surface area contributed by atoms with Crippen LogP contribution in [0, 0.1) is 0 Å². The smallest absolute Gasteiger partial charge is 0.181 e. The van der Waals surface area contributed by atoms with E-state index in [0.29, 0.717) is 0 Å². The number of aromatic nitrogens is 1. The van der Waals surface area contributed by atoms with Gasteiger partial charge in [0.25, 0.3) is 0 Å². The van der Waals surface area contributed by atoms with Gasteiger partial charge in [-0.3, -0.25) is 4.98 Å². The lowest BCUT2D eigenvalue weighted by molar-refractivity contribution is 1.34. The molecule has 9 rings (SSSR count). The molecule has 3 heteroatoms. The van der Waals surface area contributed by atoms with E-state index in [1.54, 1.807) is 0 Å². The highest BCUT2D eigenvalue weighted by atomic mass is 28.3. The fourth-order valence-electron chi connectivity index (χ4n) is 8.46. The van der Waals surface area contributed by atoms with Gasteiger partial charge in [-0.2, -0.15) is 0 Å². The van der Waals surface area contributed by atoms with Gasteiger partial charge in [0.15, 0.2) is 16.1 Å². The van der Waals surface area contributed by atoms with E-state index in [0.717, 1.165) is 11.3 Å². The van der Waals surface area contributed by atoms with Crippen LogP contribution in [0.25, 0.3) is 22.4 Å². The summed E-state index contributed by atoms with van der Waals surface area (Å²) in [5.41, 5.74) is 4.79. The van der Waals surface area contributed by atoms with Gasteiger partial charge in [-0.05, 0) is 64.8 Å². The van der Waals surface area contributed by atoms with Gasteiger partial charge in [0, 0.05) is 11.8 Å². The van der Waals surface area contributed by atoms with E-state index < -0.39 is 16.1 Å². The van der Waals surface area contributed by atoms with Gasteiger partial charge in [0.1, 0.15) is 0 Å². The molecule has 0 fully saturated rings. The molecule has 0 unspecified atom stereocenters. The molecule has 1 aliphatic rings. The molecule has 8 aromatic rings. The average Bonchev–Trinajstić information content (AvgIpc) is 3.51. The summed E-state index contributed by atoms with van der Waals surface area (Å²) >= 11 is 0. The van der Waals surface area contributed by atoms with E-state index in [9.17, 15) is 0 Å². The lowest BCUT2D eigenvalue weighted by Gasteiger charge is -2.34. The molecule has 1 aliphatic heterocycles. The molecular formula is C47H35NSi2. The summed E-state index contributed by atoms with van der Waals surface area (Å²) in [5, 5.41) is 11.1. The van der Waals surface area contributed by atoms with Crippen molar-refractivity contribution < 1.29 is 0 Å². The van der Waals surface area contributed by atoms with Gasteiger partial charge in [0.05, 0.1) is 5.69 Å². The van der Waals surface area contributed by atoms with Crippen molar-refractivity contribution >= 4 is 57.6 Å². The SMILES string of the molecule is c1ccc([Si](c2ccccc2)(c2ccccc2)c2ccc(-c3ccc4c(c3)-c3ccccc3[Si]4(c3ccccc3)c3ccccc3)nc2)cc1. The Morgan fingerprint density at radius 1 is 0.360 bits per heavy atom. The lowest BCUT2D eigenvalue weighted by Crippen LogP contribution is -2.74. The van der Waals surface area contributed by atoms with Crippen LogP contribution in [0.1, 0.15) is 0 Å². The minimum absolute atomic E-state index is 0.990. The van der Waals surface area contributed by atoms with Crippen molar-refractivity contribution in [3.8, 4) is 22.4 Å². The molecule has 1 nitrogen and oxygen atoms in total. The van der Waals surface area contributed by atoms with Gasteiger partial charge in [-0.25, -0.2) is 0 Å². The van der Waals surface area contributed by atoms with Crippen LogP contribution in [-0.2, 0) is 0 Å². The van der Waals surface area contributed by atoms with Gasteiger partial charge in [-0.1, -0.05) is 194 Å². The summed E-state index contributed by atoms with van der Waals surface area (Å²) in [6, 6.07) is 76.3. The minimum Gasteiger partial charge on any atom is -0.256 e. The second-order valence-corrected chi connectivity index (χ2v) is 20.6. The zero-order valence-electron chi connectivity index (χ0n) is 27.7. The average molecular weight is 670 g/mol. The summed E-state index contributed by atoms with van der Waals surface area (Å²) in [5.74, 6) is 0. The van der Waals surface area contributed by atoms with Crippen LogP contribution in [0.3, 0.4) is 0 Å². The van der Waals surface area contributed by atoms with Crippen molar-refractivity contribution in [3.05, 3.63) is 212 Å². The fourth-order valence-corrected chi connectivity index (χ4v) is 18.3. The minimum atomic E-state index is -2.64. The quantitative estimate of drug-likeness (QED) is 0.162. The van der Waals surface area contributed by atoms with Crippen LogP contribution < -0.4 is 41.5 Å². The number of hydrogen-bond donors (Lipinski definition) is 0. The molecule has 2 heterocycles. The van der Waals surface area contributed by atoms with E-state index in [4.69, 9.17) is 4.98 Å². The largest absolute Gasteiger partial charge is 0.256 e. The third kappa shape index (κ3) is 4.62. The molecule has 0 atom stereocenters. The Bertz CT molecular complexity index is 2260. The zero-order chi connectivity index (χ0) is 33.4. The molecule has 0 radical (unpaired) electrons. The molecule has 236 valence electrons. The Labute approximate surface area is 296 Å². The van der Waals surface area contributed by atoms with Crippen molar-refractivity contribution in [3.63, 3.8) is 0 Å². The standard InChI is InChI=1S/C47H35NSi2/c1-6-18-37(19-7-1)49(38-20-8-2-9-21-38,39-22-10-3-11-23-39)42-31-32-45(48-35-42)36-30-33-47-44(34-36)43-28-16-17-29-46(43)50(47,40-24-12-4-13-25-40)41-26-14-5-15-27-41/h1-35H. The molecule has 0 aliphatic carbocycles. The predicted molar refractivity (Wildman–Crippen MR) is 216 cm³/mol. The maximum Gasteiger partial charge on any atom is 0.181 e. The van der Waals surface area contributed by atoms with Crippen molar-refractivity contribution in [2.45, 2.75) is 0 Å². The predicted octanol–water partition coefficient (Wildman–Crippen LogP) is 5.48. The number of pyridine rings is 1. The number of rotatable bonds is 7. The van der Waals surface area contributed by atoms with Crippen LogP contribution in [0.5, 0.6) is 0 Å². The molecule has 0 bridgehead atoms. The Hall–Kier alpha value is -5.88. The van der Waals surface area contributed by atoms with Crippen LogP contribution in [0.4, 0.5) is 0 Å². The summed E-state index contributed by atoms with van der Waals surface area (Å²) in [6.45, 7) is 0. The molecule has 0 saturated carbocycles. The van der Waals surface area contributed by atoms with Crippen molar-refractivity contribution in [2.24, 2.45) is 0 Å². The number of hydrogen-bond acceptors (Lipinski definition) is 1. The Kier molecular flexibility index (Phi) is 7.57. The van der Waals surface area contributed by atoms with Crippen LogP contribution in [0.15, 0.2) is 212 Å². The second kappa shape index (κ2) is 12.5.